The van der Waals surface area contributed by atoms with Gasteiger partial charge in [-0.2, -0.15) is 0 Å². The molecule has 6 heteroatoms. The molecule has 0 saturated carbocycles. The molecule has 4 rings (SSSR count). The van der Waals surface area contributed by atoms with Crippen molar-refractivity contribution in [3.63, 3.8) is 0 Å². The van der Waals surface area contributed by atoms with Crippen LogP contribution in [-0.4, -0.2) is 11.8 Å². The van der Waals surface area contributed by atoms with Crippen molar-refractivity contribution in [1.29, 1.82) is 0 Å². The van der Waals surface area contributed by atoms with Crippen LogP contribution in [0, 0.1) is 6.92 Å². The Balaban J connectivity index is 1.83. The molecule has 1 aliphatic rings. The Morgan fingerprint density at radius 3 is 2.28 bits per heavy atom. The number of anilines is 2. The van der Waals surface area contributed by atoms with Crippen molar-refractivity contribution in [2.24, 2.45) is 0 Å². The van der Waals surface area contributed by atoms with Gasteiger partial charge in [-0.3, -0.25) is 9.59 Å². The van der Waals surface area contributed by atoms with E-state index in [4.69, 9.17) is 11.6 Å². The molecule has 1 N–H and O–H groups in total. The summed E-state index contributed by atoms with van der Waals surface area (Å²) in [5.41, 5.74) is 3.34. The molecular formula is C23H16BrClN2O2. The van der Waals surface area contributed by atoms with E-state index < -0.39 is 5.91 Å². The van der Waals surface area contributed by atoms with Crippen molar-refractivity contribution in [2.45, 2.75) is 6.92 Å². The number of amides is 2. The molecule has 3 aromatic rings. The predicted octanol–water partition coefficient (Wildman–Crippen LogP) is 5.81. The molecule has 29 heavy (non-hydrogen) atoms. The van der Waals surface area contributed by atoms with Crippen molar-refractivity contribution < 1.29 is 9.59 Å². The quantitative estimate of drug-likeness (QED) is 0.493. The van der Waals surface area contributed by atoms with Crippen LogP contribution in [0.25, 0.3) is 5.57 Å². The first-order chi connectivity index (χ1) is 14.0. The number of hydrogen-bond donors (Lipinski definition) is 1. The summed E-state index contributed by atoms with van der Waals surface area (Å²) >= 11 is 9.52. The fourth-order valence-electron chi connectivity index (χ4n) is 3.21. The van der Waals surface area contributed by atoms with Gasteiger partial charge in [0.2, 0.25) is 0 Å². The Labute approximate surface area is 181 Å². The van der Waals surface area contributed by atoms with Gasteiger partial charge < -0.3 is 5.32 Å². The van der Waals surface area contributed by atoms with Crippen LogP contribution in [0.3, 0.4) is 0 Å². The van der Waals surface area contributed by atoms with E-state index in [1.54, 1.807) is 36.4 Å². The molecule has 0 aliphatic carbocycles. The number of imide groups is 1. The van der Waals surface area contributed by atoms with Crippen molar-refractivity contribution >= 4 is 56.3 Å². The molecule has 0 spiro atoms. The second-order valence-corrected chi connectivity index (χ2v) is 7.97. The molecule has 0 bridgehead atoms. The van der Waals surface area contributed by atoms with Crippen molar-refractivity contribution in [3.05, 3.63) is 99.1 Å². The minimum atomic E-state index is -0.407. The summed E-state index contributed by atoms with van der Waals surface area (Å²) < 4.78 is 0.865. The summed E-state index contributed by atoms with van der Waals surface area (Å²) in [7, 11) is 0. The lowest BCUT2D eigenvalue weighted by Crippen LogP contribution is -2.32. The molecule has 0 atom stereocenters. The van der Waals surface area contributed by atoms with E-state index in [2.05, 4.69) is 21.2 Å². The molecule has 3 aromatic carbocycles. The summed E-state index contributed by atoms with van der Waals surface area (Å²) in [6.07, 6.45) is 0. The van der Waals surface area contributed by atoms with Crippen LogP contribution in [0.4, 0.5) is 11.4 Å². The van der Waals surface area contributed by atoms with Crippen LogP contribution in [0.1, 0.15) is 11.1 Å². The smallest absolute Gasteiger partial charge is 0.282 e. The number of carbonyl (C=O) groups excluding carboxylic acids is 2. The number of aryl methyl sites for hydroxylation is 1. The van der Waals surface area contributed by atoms with Gasteiger partial charge in [0, 0.05) is 15.2 Å². The van der Waals surface area contributed by atoms with Gasteiger partial charge in [0.25, 0.3) is 11.8 Å². The third-order valence-corrected chi connectivity index (χ3v) is 5.45. The van der Waals surface area contributed by atoms with Crippen molar-refractivity contribution in [1.82, 2.24) is 0 Å². The highest BCUT2D eigenvalue weighted by Crippen LogP contribution is 2.35. The van der Waals surface area contributed by atoms with Gasteiger partial charge >= 0.3 is 0 Å². The molecule has 2 amide bonds. The second-order valence-electron chi connectivity index (χ2n) is 6.62. The van der Waals surface area contributed by atoms with E-state index in [-0.39, 0.29) is 11.6 Å². The summed E-state index contributed by atoms with van der Waals surface area (Å²) in [5, 5.41) is 3.71. The third kappa shape index (κ3) is 3.71. The fraction of sp³-hybridized carbons (Fsp3) is 0.0435. The number of nitrogens with one attached hydrogen (secondary N) is 1. The number of benzene rings is 3. The van der Waals surface area contributed by atoms with Crippen LogP contribution in [0.5, 0.6) is 0 Å². The van der Waals surface area contributed by atoms with Crippen LogP contribution in [0.2, 0.25) is 5.02 Å². The largest absolute Gasteiger partial charge is 0.350 e. The van der Waals surface area contributed by atoms with Gasteiger partial charge in [-0.1, -0.05) is 63.9 Å². The highest BCUT2D eigenvalue weighted by molar-refractivity contribution is 9.10. The minimum absolute atomic E-state index is 0.231. The van der Waals surface area contributed by atoms with Crippen LogP contribution in [-0.2, 0) is 9.59 Å². The summed E-state index contributed by atoms with van der Waals surface area (Å²) in [6, 6.07) is 21.6. The Kier molecular flexibility index (Phi) is 5.26. The maximum atomic E-state index is 13.3. The van der Waals surface area contributed by atoms with Gasteiger partial charge in [-0.05, 0) is 54.4 Å². The monoisotopic (exact) mass is 466 g/mol. The van der Waals surface area contributed by atoms with E-state index in [1.165, 1.54) is 4.90 Å². The number of halogens is 2. The molecule has 1 heterocycles. The van der Waals surface area contributed by atoms with Gasteiger partial charge in [0.1, 0.15) is 5.70 Å². The number of hydrogen-bond acceptors (Lipinski definition) is 3. The molecule has 0 aromatic heterocycles. The topological polar surface area (TPSA) is 49.4 Å². The Morgan fingerprint density at radius 1 is 0.897 bits per heavy atom. The van der Waals surface area contributed by atoms with E-state index >= 15 is 0 Å². The Bertz CT molecular complexity index is 1140. The third-order valence-electron chi connectivity index (χ3n) is 4.69. The molecule has 4 nitrogen and oxygen atoms in total. The maximum absolute atomic E-state index is 13.3. The highest BCUT2D eigenvalue weighted by atomic mass is 79.9. The van der Waals surface area contributed by atoms with Gasteiger partial charge in [-0.25, -0.2) is 4.90 Å². The SMILES string of the molecule is Cc1ccc(Cl)cc1NC1=C(c2ccccc2)C(=O)N(c2ccc(Br)cc2)C1=O. The van der Waals surface area contributed by atoms with E-state index in [1.807, 2.05) is 43.3 Å². The van der Waals surface area contributed by atoms with Gasteiger partial charge in [-0.15, -0.1) is 0 Å². The first kappa shape index (κ1) is 19.4. The number of carbonyl (C=O) groups is 2. The normalized spacial score (nSPS) is 14.0. The molecule has 0 radical (unpaired) electrons. The molecule has 1 aliphatic heterocycles. The lowest BCUT2D eigenvalue weighted by molar-refractivity contribution is -0.120. The average molecular weight is 468 g/mol. The molecule has 144 valence electrons. The zero-order valence-electron chi connectivity index (χ0n) is 15.4. The zero-order valence-corrected chi connectivity index (χ0v) is 17.8. The maximum Gasteiger partial charge on any atom is 0.282 e. The highest BCUT2D eigenvalue weighted by Gasteiger charge is 2.40. The lowest BCUT2D eigenvalue weighted by Gasteiger charge is -2.16. The molecule has 0 fully saturated rings. The summed E-state index contributed by atoms with van der Waals surface area (Å²) in [4.78, 5) is 27.8. The van der Waals surface area contributed by atoms with E-state index in [0.717, 1.165) is 10.0 Å². The first-order valence-corrected chi connectivity index (χ1v) is 10.1. The number of rotatable bonds is 4. The summed E-state index contributed by atoms with van der Waals surface area (Å²) in [6.45, 7) is 1.91. The predicted molar refractivity (Wildman–Crippen MR) is 120 cm³/mol. The second kappa shape index (κ2) is 7.85. The van der Waals surface area contributed by atoms with E-state index in [9.17, 15) is 9.59 Å². The standard InChI is InChI=1S/C23H16BrClN2O2/c1-14-7-10-17(25)13-19(14)26-21-20(15-5-3-2-4-6-15)22(28)27(23(21)29)18-11-8-16(24)9-12-18/h2-13,26H,1H3. The van der Waals surface area contributed by atoms with Crippen LogP contribution >= 0.6 is 27.5 Å². The van der Waals surface area contributed by atoms with E-state index in [0.29, 0.717) is 27.5 Å². The minimum Gasteiger partial charge on any atom is -0.350 e. The summed E-state index contributed by atoms with van der Waals surface area (Å²) in [5.74, 6) is -0.777. The lowest BCUT2D eigenvalue weighted by atomic mass is 10.0. The molecular weight excluding hydrogens is 452 g/mol. The van der Waals surface area contributed by atoms with Crippen molar-refractivity contribution in [2.75, 3.05) is 10.2 Å². The zero-order chi connectivity index (χ0) is 20.5. The van der Waals surface area contributed by atoms with Crippen molar-refractivity contribution in [3.8, 4) is 0 Å². The van der Waals surface area contributed by atoms with Gasteiger partial charge in [0.15, 0.2) is 0 Å². The molecule has 0 saturated heterocycles. The average Bonchev–Trinajstić information content (AvgIpc) is 2.96. The number of nitrogens with zero attached hydrogens (tertiary/aromatic N) is 1. The van der Waals surface area contributed by atoms with Gasteiger partial charge in [0.05, 0.1) is 11.3 Å². The van der Waals surface area contributed by atoms with Crippen LogP contribution < -0.4 is 10.2 Å². The fourth-order valence-corrected chi connectivity index (χ4v) is 3.64. The molecule has 0 unspecified atom stereocenters. The first-order valence-electron chi connectivity index (χ1n) is 8.93. The van der Waals surface area contributed by atoms with Crippen LogP contribution in [0.15, 0.2) is 83.0 Å². The Morgan fingerprint density at radius 2 is 1.59 bits per heavy atom. The Hall–Kier alpha value is -2.89.